The molecule has 0 radical (unpaired) electrons. The molecule has 0 saturated carbocycles. The van der Waals surface area contributed by atoms with Gasteiger partial charge in [-0.05, 0) is 34.5 Å². The predicted octanol–water partition coefficient (Wildman–Crippen LogP) is 4.24. The van der Waals surface area contributed by atoms with Crippen molar-refractivity contribution in [1.29, 1.82) is 0 Å². The van der Waals surface area contributed by atoms with Crippen molar-refractivity contribution < 1.29 is 18.7 Å². The second-order valence-electron chi connectivity index (χ2n) is 6.44. The van der Waals surface area contributed by atoms with Crippen LogP contribution in [0.25, 0.3) is 21.7 Å². The van der Waals surface area contributed by atoms with E-state index in [1.54, 1.807) is 25.3 Å². The van der Waals surface area contributed by atoms with Crippen molar-refractivity contribution in [3.63, 3.8) is 0 Å². The van der Waals surface area contributed by atoms with Crippen molar-refractivity contribution in [1.82, 2.24) is 0 Å². The molecule has 0 spiro atoms. The molecule has 0 saturated heterocycles. The van der Waals surface area contributed by atoms with Crippen LogP contribution in [0.1, 0.15) is 11.1 Å². The molecule has 3 aromatic carbocycles. The van der Waals surface area contributed by atoms with Crippen LogP contribution in [-0.2, 0) is 22.6 Å². The number of hydrogen-bond donors (Lipinski definition) is 0. The molecular formula is C23H18O5. The van der Waals surface area contributed by atoms with Crippen molar-refractivity contribution in [3.05, 3.63) is 88.3 Å². The normalized spacial score (nSPS) is 10.9. The van der Waals surface area contributed by atoms with Crippen molar-refractivity contribution in [2.75, 3.05) is 7.11 Å². The maximum atomic E-state index is 12.3. The quantitative estimate of drug-likeness (QED) is 0.297. The molecule has 140 valence electrons. The molecule has 0 bridgehead atoms. The van der Waals surface area contributed by atoms with Crippen molar-refractivity contribution in [3.8, 4) is 5.75 Å². The standard InChI is InChI=1S/C23H18O5/c1-26-18-9-6-15(7-10-18)12-21(24)27-14-17-13-22(25)28-20-11-8-16-4-2-3-5-19(16)23(17)20/h2-11,13H,12,14H2,1H3. The zero-order valence-electron chi connectivity index (χ0n) is 15.3. The van der Waals surface area contributed by atoms with Crippen LogP contribution < -0.4 is 10.4 Å². The Morgan fingerprint density at radius 3 is 2.57 bits per heavy atom. The lowest BCUT2D eigenvalue weighted by molar-refractivity contribution is -0.144. The van der Waals surface area contributed by atoms with Crippen LogP contribution in [0.15, 0.2) is 75.9 Å². The van der Waals surface area contributed by atoms with Gasteiger partial charge >= 0.3 is 11.6 Å². The summed E-state index contributed by atoms with van der Waals surface area (Å²) >= 11 is 0. The molecule has 0 unspecified atom stereocenters. The van der Waals surface area contributed by atoms with Gasteiger partial charge in [-0.1, -0.05) is 42.5 Å². The van der Waals surface area contributed by atoms with E-state index in [0.29, 0.717) is 11.1 Å². The highest BCUT2D eigenvalue weighted by atomic mass is 16.5. The Labute approximate surface area is 161 Å². The summed E-state index contributed by atoms with van der Waals surface area (Å²) in [5, 5.41) is 2.76. The third-order valence-corrected chi connectivity index (χ3v) is 4.61. The summed E-state index contributed by atoms with van der Waals surface area (Å²) in [6.45, 7) is 0.00506. The number of fused-ring (bicyclic) bond motifs is 3. The average Bonchev–Trinajstić information content (AvgIpc) is 2.72. The van der Waals surface area contributed by atoms with Crippen LogP contribution >= 0.6 is 0 Å². The molecule has 0 atom stereocenters. The van der Waals surface area contributed by atoms with Gasteiger partial charge in [0.05, 0.1) is 13.5 Å². The second-order valence-corrected chi connectivity index (χ2v) is 6.44. The smallest absolute Gasteiger partial charge is 0.336 e. The first-order chi connectivity index (χ1) is 13.6. The highest BCUT2D eigenvalue weighted by Gasteiger charge is 2.12. The highest BCUT2D eigenvalue weighted by Crippen LogP contribution is 2.27. The minimum Gasteiger partial charge on any atom is -0.497 e. The van der Waals surface area contributed by atoms with Gasteiger partial charge < -0.3 is 13.9 Å². The zero-order valence-corrected chi connectivity index (χ0v) is 15.3. The molecule has 0 aliphatic heterocycles. The molecule has 4 rings (SSSR count). The molecule has 1 heterocycles. The van der Waals surface area contributed by atoms with Gasteiger partial charge in [-0.2, -0.15) is 0 Å². The first-order valence-corrected chi connectivity index (χ1v) is 8.87. The van der Waals surface area contributed by atoms with E-state index in [4.69, 9.17) is 13.9 Å². The van der Waals surface area contributed by atoms with Crippen molar-refractivity contribution >= 4 is 27.7 Å². The van der Waals surface area contributed by atoms with E-state index in [2.05, 4.69) is 0 Å². The predicted molar refractivity (Wildman–Crippen MR) is 106 cm³/mol. The Morgan fingerprint density at radius 2 is 1.79 bits per heavy atom. The van der Waals surface area contributed by atoms with Crippen LogP contribution in [0.2, 0.25) is 0 Å². The van der Waals surface area contributed by atoms with Gasteiger partial charge in [-0.3, -0.25) is 4.79 Å². The van der Waals surface area contributed by atoms with Crippen molar-refractivity contribution in [2.45, 2.75) is 13.0 Å². The maximum absolute atomic E-state index is 12.3. The SMILES string of the molecule is COc1ccc(CC(=O)OCc2cc(=O)oc3ccc4ccccc4c23)cc1. The maximum Gasteiger partial charge on any atom is 0.336 e. The van der Waals surface area contributed by atoms with Crippen LogP contribution in [0.4, 0.5) is 0 Å². The Hall–Kier alpha value is -3.60. The monoisotopic (exact) mass is 374 g/mol. The highest BCUT2D eigenvalue weighted by molar-refractivity contribution is 6.07. The number of methoxy groups -OCH3 is 1. The Morgan fingerprint density at radius 1 is 1.00 bits per heavy atom. The van der Waals surface area contributed by atoms with E-state index in [9.17, 15) is 9.59 Å². The fourth-order valence-corrected chi connectivity index (χ4v) is 3.25. The topological polar surface area (TPSA) is 65.7 Å². The van der Waals surface area contributed by atoms with Crippen LogP contribution in [0.5, 0.6) is 5.75 Å². The first kappa shape index (κ1) is 17.8. The summed E-state index contributed by atoms with van der Waals surface area (Å²) in [5.74, 6) is 0.360. The van der Waals surface area contributed by atoms with E-state index in [-0.39, 0.29) is 19.0 Å². The fraction of sp³-hybridized carbons (Fsp3) is 0.130. The number of carbonyl (C=O) groups is 1. The molecule has 1 aromatic heterocycles. The molecule has 0 aliphatic carbocycles. The van der Waals surface area contributed by atoms with Gasteiger partial charge in [-0.25, -0.2) is 4.79 Å². The van der Waals surface area contributed by atoms with E-state index in [1.165, 1.54) is 6.07 Å². The van der Waals surface area contributed by atoms with Gasteiger partial charge in [0.1, 0.15) is 17.9 Å². The van der Waals surface area contributed by atoms with Gasteiger partial charge in [0.2, 0.25) is 0 Å². The lowest BCUT2D eigenvalue weighted by Gasteiger charge is -2.10. The molecule has 5 heteroatoms. The van der Waals surface area contributed by atoms with Gasteiger partial charge in [0, 0.05) is 17.0 Å². The van der Waals surface area contributed by atoms with Crippen molar-refractivity contribution in [2.24, 2.45) is 0 Å². The zero-order chi connectivity index (χ0) is 19.5. The molecule has 0 N–H and O–H groups in total. The number of ether oxygens (including phenoxy) is 2. The summed E-state index contributed by atoms with van der Waals surface area (Å²) in [7, 11) is 1.59. The summed E-state index contributed by atoms with van der Waals surface area (Å²) in [6, 6.07) is 20.1. The minimum atomic E-state index is -0.469. The molecule has 0 amide bonds. The number of benzene rings is 3. The number of hydrogen-bond acceptors (Lipinski definition) is 5. The number of carbonyl (C=O) groups excluding carboxylic acids is 1. The molecule has 28 heavy (non-hydrogen) atoms. The number of esters is 1. The second kappa shape index (κ2) is 7.56. The third-order valence-electron chi connectivity index (χ3n) is 4.61. The fourth-order valence-electron chi connectivity index (χ4n) is 3.25. The summed E-state index contributed by atoms with van der Waals surface area (Å²) < 4.78 is 15.9. The molecule has 0 aliphatic rings. The van der Waals surface area contributed by atoms with Crippen LogP contribution in [-0.4, -0.2) is 13.1 Å². The summed E-state index contributed by atoms with van der Waals surface area (Å²) in [4.78, 5) is 24.2. The molecule has 5 nitrogen and oxygen atoms in total. The van der Waals surface area contributed by atoms with Crippen LogP contribution in [0.3, 0.4) is 0 Å². The van der Waals surface area contributed by atoms with E-state index < -0.39 is 5.63 Å². The third kappa shape index (κ3) is 3.60. The van der Waals surface area contributed by atoms with E-state index in [0.717, 1.165) is 27.5 Å². The van der Waals surface area contributed by atoms with E-state index in [1.807, 2.05) is 42.5 Å². The van der Waals surface area contributed by atoms with Gasteiger partial charge in [0.15, 0.2) is 0 Å². The Kier molecular flexibility index (Phi) is 4.81. The number of rotatable bonds is 5. The van der Waals surface area contributed by atoms with E-state index >= 15 is 0 Å². The van der Waals surface area contributed by atoms with Crippen LogP contribution in [0, 0.1) is 0 Å². The Bertz CT molecular complexity index is 1210. The van der Waals surface area contributed by atoms with Gasteiger partial charge in [-0.15, -0.1) is 0 Å². The minimum absolute atomic E-state index is 0.00506. The molecular weight excluding hydrogens is 356 g/mol. The average molecular weight is 374 g/mol. The van der Waals surface area contributed by atoms with Gasteiger partial charge in [0.25, 0.3) is 0 Å². The lowest BCUT2D eigenvalue weighted by atomic mass is 10.0. The summed E-state index contributed by atoms with van der Waals surface area (Å²) in [6.07, 6.45) is 0.143. The Balaban J connectivity index is 1.59. The molecule has 0 fully saturated rings. The first-order valence-electron chi connectivity index (χ1n) is 8.87. The summed E-state index contributed by atoms with van der Waals surface area (Å²) in [5.41, 5.74) is 1.47. The largest absolute Gasteiger partial charge is 0.497 e. The lowest BCUT2D eigenvalue weighted by Crippen LogP contribution is -2.10. The molecule has 4 aromatic rings.